The smallest absolute Gasteiger partial charge is 1.00 e. The summed E-state index contributed by atoms with van der Waals surface area (Å²) in [6.07, 6.45) is 0. The molecule has 0 unspecified atom stereocenters. The van der Waals surface area contributed by atoms with Crippen molar-refractivity contribution in [1.82, 2.24) is 0 Å². The van der Waals surface area contributed by atoms with Gasteiger partial charge in [0, 0.05) is 0 Å². The summed E-state index contributed by atoms with van der Waals surface area (Å²) in [6, 6.07) is 0. The van der Waals surface area contributed by atoms with Crippen LogP contribution in [0.5, 0.6) is 0 Å². The van der Waals surface area contributed by atoms with Gasteiger partial charge in [-0.15, -0.1) is 0 Å². The van der Waals surface area contributed by atoms with E-state index in [2.05, 4.69) is 0 Å². The van der Waals surface area contributed by atoms with Crippen molar-refractivity contribution >= 4 is 23.9 Å². The average Bonchev–Trinajstić information content (AvgIpc) is 0. The summed E-state index contributed by atoms with van der Waals surface area (Å²) >= 11 is 0. The molecule has 0 aliphatic heterocycles. The van der Waals surface area contributed by atoms with E-state index in [1.165, 1.54) is 0 Å². The first-order valence-electron chi connectivity index (χ1n) is 0. The second-order valence-corrected chi connectivity index (χ2v) is 0. The molecule has 0 aromatic rings. The van der Waals surface area contributed by atoms with Gasteiger partial charge < -0.3 is 41.2 Å². The van der Waals surface area contributed by atoms with E-state index < -0.39 is 0 Å². The molecule has 3 nitrogen and oxygen atoms in total. The van der Waals surface area contributed by atoms with Gasteiger partial charge in [0.05, 0.1) is 0 Å². The Bertz CT molecular complexity index is 8.75. The Kier molecular flexibility index (Phi) is 3270. The maximum atomic E-state index is 0. The van der Waals surface area contributed by atoms with Crippen LogP contribution in [0, 0.1) is 0 Å². The van der Waals surface area contributed by atoms with E-state index in [0.29, 0.717) is 0 Å². The SMILES string of the molecule is O.O.O.[Cl-].[Cl-].[Sn+2]. The van der Waals surface area contributed by atoms with Crippen molar-refractivity contribution in [3.63, 3.8) is 0 Å². The molecule has 0 rings (SSSR count). The Hall–Kier alpha value is 1.26. The molecule has 6 heteroatoms. The molecular weight excluding hydrogens is 238 g/mol. The number of rotatable bonds is 0. The van der Waals surface area contributed by atoms with Crippen molar-refractivity contribution in [3.05, 3.63) is 0 Å². The normalized spacial score (nSPS) is 0. The zero-order valence-corrected chi connectivity index (χ0v) is 7.12. The fourth-order valence-corrected chi connectivity index (χ4v) is 0. The molecule has 0 fully saturated rings. The van der Waals surface area contributed by atoms with Gasteiger partial charge in [-0.2, -0.15) is 0 Å². The van der Waals surface area contributed by atoms with Crippen LogP contribution in [0.3, 0.4) is 0 Å². The molecule has 0 saturated heterocycles. The topological polar surface area (TPSA) is 94.5 Å². The van der Waals surface area contributed by atoms with E-state index in [1.807, 2.05) is 0 Å². The van der Waals surface area contributed by atoms with Gasteiger partial charge in [-0.05, 0) is 0 Å². The summed E-state index contributed by atoms with van der Waals surface area (Å²) in [4.78, 5) is 0. The van der Waals surface area contributed by atoms with Crippen LogP contribution in [-0.4, -0.2) is 40.3 Å². The zero-order valence-electron chi connectivity index (χ0n) is 2.76. The summed E-state index contributed by atoms with van der Waals surface area (Å²) in [5.74, 6) is 0. The van der Waals surface area contributed by atoms with E-state index in [9.17, 15) is 0 Å². The van der Waals surface area contributed by atoms with Crippen molar-refractivity contribution in [2.45, 2.75) is 0 Å². The molecule has 2 radical (unpaired) electrons. The molecule has 0 aliphatic carbocycles. The molecular formula is H6Cl2O3Sn. The van der Waals surface area contributed by atoms with Crippen LogP contribution in [0.1, 0.15) is 0 Å². The molecule has 0 spiro atoms. The van der Waals surface area contributed by atoms with Crippen molar-refractivity contribution in [3.8, 4) is 0 Å². The summed E-state index contributed by atoms with van der Waals surface area (Å²) in [6.45, 7) is 0. The molecule has 6 N–H and O–H groups in total. The molecule has 0 atom stereocenters. The van der Waals surface area contributed by atoms with E-state index in [4.69, 9.17) is 0 Å². The van der Waals surface area contributed by atoms with Crippen LogP contribution in [0.2, 0.25) is 0 Å². The van der Waals surface area contributed by atoms with Crippen molar-refractivity contribution in [2.24, 2.45) is 0 Å². The molecule has 6 heavy (non-hydrogen) atoms. The van der Waals surface area contributed by atoms with Crippen LogP contribution in [0.4, 0.5) is 0 Å². The van der Waals surface area contributed by atoms with Gasteiger partial charge in [-0.25, -0.2) is 0 Å². The Morgan fingerprint density at radius 2 is 0.500 bits per heavy atom. The van der Waals surface area contributed by atoms with Crippen molar-refractivity contribution in [1.29, 1.82) is 0 Å². The van der Waals surface area contributed by atoms with Crippen LogP contribution >= 0.6 is 0 Å². The molecule has 0 heterocycles. The zero-order chi connectivity index (χ0) is 0. The van der Waals surface area contributed by atoms with Gasteiger partial charge in [0.25, 0.3) is 0 Å². The first-order chi connectivity index (χ1) is 0. The maximum absolute atomic E-state index is 0. The summed E-state index contributed by atoms with van der Waals surface area (Å²) < 4.78 is 0. The van der Waals surface area contributed by atoms with Crippen LogP contribution in [-0.2, 0) is 0 Å². The third-order valence-corrected chi connectivity index (χ3v) is 0. The van der Waals surface area contributed by atoms with Crippen molar-refractivity contribution in [2.75, 3.05) is 0 Å². The van der Waals surface area contributed by atoms with Crippen LogP contribution in [0.25, 0.3) is 0 Å². The van der Waals surface area contributed by atoms with E-state index in [1.54, 1.807) is 0 Å². The second kappa shape index (κ2) is 109. The van der Waals surface area contributed by atoms with E-state index in [-0.39, 0.29) is 65.2 Å². The van der Waals surface area contributed by atoms with Gasteiger partial charge in [0.1, 0.15) is 0 Å². The molecule has 42 valence electrons. The Morgan fingerprint density at radius 3 is 0.500 bits per heavy atom. The molecule has 0 aromatic carbocycles. The Morgan fingerprint density at radius 1 is 0.500 bits per heavy atom. The quantitative estimate of drug-likeness (QED) is 0.378. The van der Waals surface area contributed by atoms with E-state index >= 15 is 0 Å². The number of halogens is 2. The van der Waals surface area contributed by atoms with Crippen LogP contribution < -0.4 is 24.8 Å². The van der Waals surface area contributed by atoms with Gasteiger partial charge in [-0.3, -0.25) is 0 Å². The first-order valence-corrected chi connectivity index (χ1v) is 0. The molecule has 0 saturated carbocycles. The molecule has 0 amide bonds. The minimum atomic E-state index is 0. The Balaban J connectivity index is 0. The summed E-state index contributed by atoms with van der Waals surface area (Å²) in [5.41, 5.74) is 0. The fourth-order valence-electron chi connectivity index (χ4n) is 0. The van der Waals surface area contributed by atoms with Crippen molar-refractivity contribution < 1.29 is 41.2 Å². The standard InChI is InChI=1S/2ClH.3H2O.Sn/h2*1H;3*1H2;/q;;;;;+2/p-2. The second-order valence-electron chi connectivity index (χ2n) is 0. The average molecular weight is 244 g/mol. The summed E-state index contributed by atoms with van der Waals surface area (Å²) in [7, 11) is 0. The fraction of sp³-hybridized carbons (Fsp3) is 0. The third-order valence-electron chi connectivity index (χ3n) is 0. The van der Waals surface area contributed by atoms with Gasteiger partial charge in [0.15, 0.2) is 0 Å². The first kappa shape index (κ1) is 179. The maximum Gasteiger partial charge on any atom is 2.00 e. The van der Waals surface area contributed by atoms with Gasteiger partial charge in [0.2, 0.25) is 0 Å². The molecule has 0 aromatic heterocycles. The minimum Gasteiger partial charge on any atom is -1.00 e. The predicted octanol–water partition coefficient (Wildman–Crippen LogP) is -8.85. The predicted molar refractivity (Wildman–Crippen MR) is 16.6 cm³/mol. The summed E-state index contributed by atoms with van der Waals surface area (Å²) in [5, 5.41) is 0. The molecule has 0 aliphatic rings. The third kappa shape index (κ3) is 60.2. The molecule has 0 bridgehead atoms. The number of hydrogen-bond donors (Lipinski definition) is 0. The Labute approximate surface area is 65.2 Å². The monoisotopic (exact) mass is 244 g/mol. The number of hydrogen-bond acceptors (Lipinski definition) is 0. The largest absolute Gasteiger partial charge is 2.00 e. The van der Waals surface area contributed by atoms with Gasteiger partial charge in [-0.1, -0.05) is 0 Å². The van der Waals surface area contributed by atoms with E-state index in [0.717, 1.165) is 0 Å². The van der Waals surface area contributed by atoms with Crippen LogP contribution in [0.15, 0.2) is 0 Å². The van der Waals surface area contributed by atoms with Gasteiger partial charge >= 0.3 is 23.9 Å². The minimum absolute atomic E-state index is 0.